The molecule has 0 radical (unpaired) electrons. The van der Waals surface area contributed by atoms with Crippen LogP contribution in [0.25, 0.3) is 0 Å². The second kappa shape index (κ2) is 7.87. The molecule has 0 aromatic heterocycles. The van der Waals surface area contributed by atoms with Gasteiger partial charge in [0.15, 0.2) is 5.78 Å². The molecule has 1 spiro atoms. The molecular formula is C16H29FN2O2. The molecule has 4 nitrogen and oxygen atoms in total. The molecule has 3 aliphatic rings. The number of rotatable bonds is 2. The molecule has 0 bridgehead atoms. The van der Waals surface area contributed by atoms with Crippen molar-refractivity contribution in [3.05, 3.63) is 0 Å². The van der Waals surface area contributed by atoms with E-state index in [1.807, 2.05) is 27.7 Å². The highest BCUT2D eigenvalue weighted by atomic mass is 19.1. The molecule has 3 rings (SSSR count). The first-order valence-electron chi connectivity index (χ1n) is 8.30. The van der Waals surface area contributed by atoms with E-state index in [2.05, 4.69) is 10.6 Å². The van der Waals surface area contributed by atoms with E-state index >= 15 is 0 Å². The van der Waals surface area contributed by atoms with Crippen LogP contribution < -0.4 is 10.6 Å². The summed E-state index contributed by atoms with van der Waals surface area (Å²) in [6, 6.07) is -0.186. The quantitative estimate of drug-likeness (QED) is 0.822. The van der Waals surface area contributed by atoms with Gasteiger partial charge in [-0.3, -0.25) is 9.59 Å². The lowest BCUT2D eigenvalue weighted by Gasteiger charge is -2.26. The second-order valence-electron chi connectivity index (χ2n) is 5.51. The van der Waals surface area contributed by atoms with Gasteiger partial charge >= 0.3 is 0 Å². The largest absolute Gasteiger partial charge is 0.353 e. The number of nitrogens with one attached hydrogen (secondary N) is 2. The summed E-state index contributed by atoms with van der Waals surface area (Å²) >= 11 is 0. The smallest absolute Gasteiger partial charge is 0.228 e. The van der Waals surface area contributed by atoms with Crippen molar-refractivity contribution in [1.82, 2.24) is 10.6 Å². The zero-order chi connectivity index (χ0) is 16.0. The molecule has 2 heterocycles. The van der Waals surface area contributed by atoms with Gasteiger partial charge < -0.3 is 10.6 Å². The third-order valence-corrected chi connectivity index (χ3v) is 4.75. The van der Waals surface area contributed by atoms with E-state index in [-0.39, 0.29) is 11.9 Å². The van der Waals surface area contributed by atoms with Gasteiger partial charge in [-0.05, 0) is 25.2 Å². The van der Waals surface area contributed by atoms with E-state index in [1.165, 1.54) is 0 Å². The minimum Gasteiger partial charge on any atom is -0.353 e. The van der Waals surface area contributed by atoms with Crippen LogP contribution in [-0.2, 0) is 9.59 Å². The summed E-state index contributed by atoms with van der Waals surface area (Å²) in [5, 5.41) is 6.07. The molecule has 1 amide bonds. The highest BCUT2D eigenvalue weighted by molar-refractivity contribution is 5.91. The summed E-state index contributed by atoms with van der Waals surface area (Å²) in [6.45, 7) is 7.58. The topological polar surface area (TPSA) is 58.2 Å². The number of ketones is 1. The molecule has 21 heavy (non-hydrogen) atoms. The lowest BCUT2D eigenvalue weighted by Crippen LogP contribution is -2.37. The fraction of sp³-hybridized carbons (Fsp3) is 0.875. The van der Waals surface area contributed by atoms with E-state index in [0.717, 1.165) is 19.3 Å². The number of amides is 1. The lowest BCUT2D eigenvalue weighted by atomic mass is 9.73. The van der Waals surface area contributed by atoms with Crippen LogP contribution in [0.1, 0.15) is 53.4 Å². The number of Topliss-reactive ketones (excluding diaryl/α,β-unsaturated/α-hetero) is 1. The van der Waals surface area contributed by atoms with Gasteiger partial charge in [0.05, 0.1) is 11.5 Å². The molecule has 1 saturated carbocycles. The van der Waals surface area contributed by atoms with Crippen molar-refractivity contribution in [3.63, 3.8) is 0 Å². The summed E-state index contributed by atoms with van der Waals surface area (Å²) < 4.78 is 12.4. The Balaban J connectivity index is 0.000000510. The highest BCUT2D eigenvalue weighted by Gasteiger charge is 2.59. The number of carbonyl (C=O) groups is 2. The van der Waals surface area contributed by atoms with Crippen LogP contribution in [0.5, 0.6) is 0 Å². The Morgan fingerprint density at radius 3 is 2.57 bits per heavy atom. The summed E-state index contributed by atoms with van der Waals surface area (Å²) in [5.41, 5.74) is -0.448. The van der Waals surface area contributed by atoms with Crippen LogP contribution in [0, 0.1) is 11.3 Å². The zero-order valence-corrected chi connectivity index (χ0v) is 13.7. The first-order valence-corrected chi connectivity index (χ1v) is 8.30. The molecule has 5 heteroatoms. The molecule has 2 aliphatic heterocycles. The van der Waals surface area contributed by atoms with Crippen molar-refractivity contribution in [2.45, 2.75) is 65.5 Å². The van der Waals surface area contributed by atoms with Crippen molar-refractivity contribution < 1.29 is 14.0 Å². The Hall–Kier alpha value is -0.970. The number of hydrogen-bond donors (Lipinski definition) is 2. The zero-order valence-electron chi connectivity index (χ0n) is 13.7. The summed E-state index contributed by atoms with van der Waals surface area (Å²) in [5.74, 6) is -0.0232. The van der Waals surface area contributed by atoms with Crippen LogP contribution in [0.4, 0.5) is 4.39 Å². The Kier molecular flexibility index (Phi) is 6.78. The molecule has 0 aromatic carbocycles. The number of carbonyl (C=O) groups excluding carboxylic acids is 2. The van der Waals surface area contributed by atoms with E-state index in [9.17, 15) is 14.0 Å². The molecule has 4 unspecified atom stereocenters. The minimum atomic E-state index is -0.941. The molecule has 0 aromatic rings. The van der Waals surface area contributed by atoms with Crippen LogP contribution in [0.3, 0.4) is 0 Å². The molecule has 2 saturated heterocycles. The van der Waals surface area contributed by atoms with E-state index < -0.39 is 23.9 Å². The third-order valence-electron chi connectivity index (χ3n) is 4.75. The number of hydrogen-bond acceptors (Lipinski definition) is 3. The van der Waals surface area contributed by atoms with Gasteiger partial charge in [0.2, 0.25) is 5.91 Å². The Labute approximate surface area is 127 Å². The Morgan fingerprint density at radius 1 is 1.29 bits per heavy atom. The first kappa shape index (κ1) is 18.1. The molecule has 1 aliphatic carbocycles. The maximum Gasteiger partial charge on any atom is 0.228 e. The molecule has 122 valence electrons. The van der Waals surface area contributed by atoms with Gasteiger partial charge in [0.1, 0.15) is 6.67 Å². The first-order chi connectivity index (χ1) is 10.2. The van der Waals surface area contributed by atoms with Crippen molar-refractivity contribution in [3.8, 4) is 0 Å². The van der Waals surface area contributed by atoms with Gasteiger partial charge in [-0.1, -0.05) is 34.1 Å². The van der Waals surface area contributed by atoms with E-state index in [1.54, 1.807) is 0 Å². The van der Waals surface area contributed by atoms with Crippen LogP contribution >= 0.6 is 0 Å². The SMILES string of the molecule is CC.CC.O=C(CF)C1CC2(CN1)C(=O)NC1CCCC12. The number of fused-ring (bicyclic) bond motifs is 2. The fourth-order valence-corrected chi connectivity index (χ4v) is 3.86. The predicted molar refractivity (Wildman–Crippen MR) is 81.8 cm³/mol. The Morgan fingerprint density at radius 2 is 1.95 bits per heavy atom. The van der Waals surface area contributed by atoms with Gasteiger partial charge in [-0.15, -0.1) is 0 Å². The number of alkyl halides is 1. The average molecular weight is 300 g/mol. The van der Waals surface area contributed by atoms with Gasteiger partial charge in [0, 0.05) is 12.6 Å². The van der Waals surface area contributed by atoms with E-state index in [4.69, 9.17) is 0 Å². The average Bonchev–Trinajstić information content (AvgIpc) is 3.22. The predicted octanol–water partition coefficient (Wildman–Crippen LogP) is 2.22. The van der Waals surface area contributed by atoms with Gasteiger partial charge in [-0.25, -0.2) is 4.39 Å². The van der Waals surface area contributed by atoms with Gasteiger partial charge in [-0.2, -0.15) is 0 Å². The molecule has 3 fully saturated rings. The second-order valence-corrected chi connectivity index (χ2v) is 5.51. The van der Waals surface area contributed by atoms with Crippen LogP contribution in [0.15, 0.2) is 0 Å². The molecule has 2 N–H and O–H groups in total. The molecular weight excluding hydrogens is 271 g/mol. The van der Waals surface area contributed by atoms with E-state index in [0.29, 0.717) is 18.9 Å². The fourth-order valence-electron chi connectivity index (χ4n) is 3.86. The molecule has 4 atom stereocenters. The normalized spacial score (nSPS) is 36.2. The third kappa shape index (κ3) is 3.12. The summed E-state index contributed by atoms with van der Waals surface area (Å²) in [6.07, 6.45) is 3.70. The van der Waals surface area contributed by atoms with Crippen molar-refractivity contribution in [1.29, 1.82) is 0 Å². The lowest BCUT2D eigenvalue weighted by molar-refractivity contribution is -0.128. The monoisotopic (exact) mass is 300 g/mol. The standard InChI is InChI=1S/C12H17FN2O2.2C2H6/c13-5-10(16)9-4-12(6-14-9)7-2-1-3-8(7)15-11(12)17;2*1-2/h7-9,14H,1-6H2,(H,15,17);2*1-2H3. The maximum absolute atomic E-state index is 12.4. The summed E-state index contributed by atoms with van der Waals surface area (Å²) in [4.78, 5) is 23.5. The van der Waals surface area contributed by atoms with Crippen molar-refractivity contribution >= 4 is 11.7 Å². The van der Waals surface area contributed by atoms with Crippen molar-refractivity contribution in [2.75, 3.05) is 13.2 Å². The van der Waals surface area contributed by atoms with Crippen LogP contribution in [-0.4, -0.2) is 37.0 Å². The maximum atomic E-state index is 12.4. The summed E-state index contributed by atoms with van der Waals surface area (Å²) in [7, 11) is 0. The van der Waals surface area contributed by atoms with Gasteiger partial charge in [0.25, 0.3) is 0 Å². The Bertz CT molecular complexity index is 375. The highest BCUT2D eigenvalue weighted by Crippen LogP contribution is 2.49. The number of halogens is 1. The van der Waals surface area contributed by atoms with Crippen LogP contribution in [0.2, 0.25) is 0 Å². The minimum absolute atomic E-state index is 0.0638. The van der Waals surface area contributed by atoms with Crippen molar-refractivity contribution in [2.24, 2.45) is 11.3 Å².